The van der Waals surface area contributed by atoms with Crippen molar-refractivity contribution in [1.29, 1.82) is 0 Å². The summed E-state index contributed by atoms with van der Waals surface area (Å²) in [7, 11) is 0. The van der Waals surface area contributed by atoms with E-state index in [9.17, 15) is 18.3 Å². The maximum absolute atomic E-state index is 12.4. The fourth-order valence-electron chi connectivity index (χ4n) is 2.07. The molecule has 0 saturated carbocycles. The number of ether oxygens (including phenoxy) is 1. The molecule has 0 bridgehead atoms. The summed E-state index contributed by atoms with van der Waals surface area (Å²) >= 11 is 0. The summed E-state index contributed by atoms with van der Waals surface area (Å²) in [6.07, 6.45) is -2.48. The van der Waals surface area contributed by atoms with E-state index in [0.717, 1.165) is 0 Å². The quantitative estimate of drug-likeness (QED) is 0.923. The van der Waals surface area contributed by atoms with Crippen molar-refractivity contribution in [1.82, 2.24) is 9.55 Å². The average Bonchev–Trinajstić information content (AvgIpc) is 2.84. The lowest BCUT2D eigenvalue weighted by Gasteiger charge is -2.17. The molecule has 7 heteroatoms. The Hall–Kier alpha value is -2.02. The lowest BCUT2D eigenvalue weighted by atomic mass is 10.1. The van der Waals surface area contributed by atoms with Gasteiger partial charge in [-0.15, -0.1) is 13.2 Å². The minimum absolute atomic E-state index is 0.0838. The van der Waals surface area contributed by atoms with E-state index in [2.05, 4.69) is 9.72 Å². The van der Waals surface area contributed by atoms with Crippen LogP contribution in [0.3, 0.4) is 0 Å². The van der Waals surface area contributed by atoms with Gasteiger partial charge in [0.1, 0.15) is 11.6 Å². The molecule has 0 aliphatic heterocycles. The second-order valence-corrected chi connectivity index (χ2v) is 4.44. The third kappa shape index (κ3) is 3.98. The van der Waals surface area contributed by atoms with Gasteiger partial charge in [-0.2, -0.15) is 0 Å². The van der Waals surface area contributed by atoms with Gasteiger partial charge in [-0.25, -0.2) is 4.98 Å². The van der Waals surface area contributed by atoms with Crippen LogP contribution in [-0.2, 0) is 13.0 Å². The molecule has 1 aromatic carbocycles. The summed E-state index contributed by atoms with van der Waals surface area (Å²) in [5, 5.41) is 10.2. The van der Waals surface area contributed by atoms with E-state index in [-0.39, 0.29) is 12.0 Å². The molecule has 4 nitrogen and oxygen atoms in total. The van der Waals surface area contributed by atoms with E-state index < -0.39 is 18.2 Å². The molecule has 0 aliphatic carbocycles. The molecule has 21 heavy (non-hydrogen) atoms. The van der Waals surface area contributed by atoms with E-state index in [4.69, 9.17) is 0 Å². The molecule has 2 aromatic rings. The average molecular weight is 300 g/mol. The van der Waals surface area contributed by atoms with Gasteiger partial charge in [0.25, 0.3) is 0 Å². The van der Waals surface area contributed by atoms with Crippen molar-refractivity contribution in [2.24, 2.45) is 0 Å². The first-order valence-electron chi connectivity index (χ1n) is 6.43. The Balaban J connectivity index is 2.21. The molecule has 0 radical (unpaired) electrons. The summed E-state index contributed by atoms with van der Waals surface area (Å²) < 4.78 is 42.8. The number of aliphatic hydroxyl groups excluding tert-OH is 1. The molecule has 0 saturated heterocycles. The van der Waals surface area contributed by atoms with E-state index in [1.807, 2.05) is 11.5 Å². The zero-order valence-electron chi connectivity index (χ0n) is 11.3. The summed E-state index contributed by atoms with van der Waals surface area (Å²) in [6, 6.07) is 5.56. The number of nitrogens with zero attached hydrogens (tertiary/aromatic N) is 2. The maximum atomic E-state index is 12.4. The van der Waals surface area contributed by atoms with Crippen LogP contribution in [0.25, 0.3) is 0 Å². The Morgan fingerprint density at radius 1 is 1.33 bits per heavy atom. The lowest BCUT2D eigenvalue weighted by molar-refractivity contribution is -0.275. The van der Waals surface area contributed by atoms with Crippen LogP contribution in [0.1, 0.15) is 24.4 Å². The van der Waals surface area contributed by atoms with Gasteiger partial charge in [0.05, 0.1) is 6.10 Å². The van der Waals surface area contributed by atoms with Crippen LogP contribution in [-0.4, -0.2) is 21.0 Å². The van der Waals surface area contributed by atoms with Gasteiger partial charge in [0, 0.05) is 30.9 Å². The van der Waals surface area contributed by atoms with Crippen LogP contribution in [0.5, 0.6) is 5.75 Å². The molecule has 1 heterocycles. The summed E-state index contributed by atoms with van der Waals surface area (Å²) in [4.78, 5) is 4.10. The Bertz CT molecular complexity index is 596. The molecule has 1 unspecified atom stereocenters. The van der Waals surface area contributed by atoms with Crippen molar-refractivity contribution in [2.45, 2.75) is 32.4 Å². The molecular formula is C14H15F3N2O2. The van der Waals surface area contributed by atoms with Gasteiger partial charge in [-0.05, 0) is 13.0 Å². The normalized spacial score (nSPS) is 13.2. The highest BCUT2D eigenvalue weighted by Crippen LogP contribution is 2.31. The minimum Gasteiger partial charge on any atom is -0.405 e. The Morgan fingerprint density at radius 3 is 2.71 bits per heavy atom. The zero-order chi connectivity index (χ0) is 15.5. The predicted molar refractivity (Wildman–Crippen MR) is 69.7 cm³/mol. The third-order valence-electron chi connectivity index (χ3n) is 3.02. The first kappa shape index (κ1) is 15.4. The van der Waals surface area contributed by atoms with Crippen molar-refractivity contribution in [3.05, 3.63) is 48.0 Å². The topological polar surface area (TPSA) is 47.3 Å². The van der Waals surface area contributed by atoms with E-state index in [1.54, 1.807) is 18.5 Å². The molecule has 0 spiro atoms. The standard InChI is InChI=1S/C14H15F3N2O2/c1-2-19-8-7-18-13(19)9-11(20)10-5-3-4-6-12(10)21-14(15,16)17/h3-8,11,20H,2,9H2,1H3. The predicted octanol–water partition coefficient (Wildman–Crippen LogP) is 3.08. The van der Waals surface area contributed by atoms with Gasteiger partial charge in [-0.3, -0.25) is 0 Å². The van der Waals surface area contributed by atoms with Crippen LogP contribution in [0.4, 0.5) is 13.2 Å². The van der Waals surface area contributed by atoms with Gasteiger partial charge >= 0.3 is 6.36 Å². The smallest absolute Gasteiger partial charge is 0.405 e. The van der Waals surface area contributed by atoms with Crippen molar-refractivity contribution < 1.29 is 23.0 Å². The maximum Gasteiger partial charge on any atom is 0.573 e. The van der Waals surface area contributed by atoms with Crippen LogP contribution >= 0.6 is 0 Å². The molecule has 2 rings (SSSR count). The summed E-state index contributed by atoms with van der Waals surface area (Å²) in [5.41, 5.74) is 0.0838. The molecule has 0 amide bonds. The van der Waals surface area contributed by atoms with Crippen LogP contribution in [0.15, 0.2) is 36.7 Å². The summed E-state index contributed by atoms with van der Waals surface area (Å²) in [6.45, 7) is 2.58. The summed E-state index contributed by atoms with van der Waals surface area (Å²) in [5.74, 6) is 0.207. The van der Waals surface area contributed by atoms with Gasteiger partial charge in [-0.1, -0.05) is 18.2 Å². The number of alkyl halides is 3. The Labute approximate surface area is 119 Å². The Kier molecular flexibility index (Phi) is 4.52. The Morgan fingerprint density at radius 2 is 2.05 bits per heavy atom. The molecular weight excluding hydrogens is 285 g/mol. The van der Waals surface area contributed by atoms with E-state index in [1.165, 1.54) is 18.2 Å². The molecule has 114 valence electrons. The number of para-hydroxylation sites is 1. The second-order valence-electron chi connectivity index (χ2n) is 4.44. The van der Waals surface area contributed by atoms with Crippen LogP contribution in [0, 0.1) is 0 Å². The van der Waals surface area contributed by atoms with Crippen LogP contribution in [0.2, 0.25) is 0 Å². The number of aliphatic hydroxyl groups is 1. The second kappa shape index (κ2) is 6.17. The lowest BCUT2D eigenvalue weighted by Crippen LogP contribution is -2.19. The highest BCUT2D eigenvalue weighted by atomic mass is 19.4. The number of hydrogen-bond acceptors (Lipinski definition) is 3. The van der Waals surface area contributed by atoms with Crippen molar-refractivity contribution in [3.8, 4) is 5.75 Å². The number of benzene rings is 1. The molecule has 1 N–H and O–H groups in total. The first-order valence-corrected chi connectivity index (χ1v) is 6.43. The molecule has 0 aliphatic rings. The fourth-order valence-corrected chi connectivity index (χ4v) is 2.07. The van der Waals surface area contributed by atoms with Crippen molar-refractivity contribution in [2.75, 3.05) is 0 Å². The number of imidazole rings is 1. The van der Waals surface area contributed by atoms with E-state index in [0.29, 0.717) is 12.4 Å². The third-order valence-corrected chi connectivity index (χ3v) is 3.02. The molecule has 0 fully saturated rings. The molecule has 1 atom stereocenters. The van der Waals surface area contributed by atoms with Gasteiger partial charge in [0.15, 0.2) is 0 Å². The fraction of sp³-hybridized carbons (Fsp3) is 0.357. The minimum atomic E-state index is -4.79. The molecule has 1 aromatic heterocycles. The van der Waals surface area contributed by atoms with Crippen molar-refractivity contribution >= 4 is 0 Å². The van der Waals surface area contributed by atoms with Crippen molar-refractivity contribution in [3.63, 3.8) is 0 Å². The van der Waals surface area contributed by atoms with Gasteiger partial charge < -0.3 is 14.4 Å². The highest BCUT2D eigenvalue weighted by Gasteiger charge is 2.32. The number of aromatic nitrogens is 2. The van der Waals surface area contributed by atoms with Gasteiger partial charge in [0.2, 0.25) is 0 Å². The van der Waals surface area contributed by atoms with Crippen LogP contribution < -0.4 is 4.74 Å². The number of hydrogen-bond donors (Lipinski definition) is 1. The first-order chi connectivity index (χ1) is 9.90. The highest BCUT2D eigenvalue weighted by molar-refractivity contribution is 5.35. The number of aryl methyl sites for hydroxylation is 1. The zero-order valence-corrected chi connectivity index (χ0v) is 11.3. The SMILES string of the molecule is CCn1ccnc1CC(O)c1ccccc1OC(F)(F)F. The monoisotopic (exact) mass is 300 g/mol. The largest absolute Gasteiger partial charge is 0.573 e. The number of halogens is 3. The van der Waals surface area contributed by atoms with E-state index >= 15 is 0 Å². The number of rotatable bonds is 5.